The maximum absolute atomic E-state index is 12.8. The third kappa shape index (κ3) is 4.27. The van der Waals surface area contributed by atoms with Gasteiger partial charge in [-0.05, 0) is 36.2 Å². The Labute approximate surface area is 185 Å². The highest BCUT2D eigenvalue weighted by molar-refractivity contribution is 6.03. The van der Waals surface area contributed by atoms with Gasteiger partial charge in [-0.15, -0.1) is 5.10 Å². The van der Waals surface area contributed by atoms with E-state index in [-0.39, 0.29) is 24.2 Å². The number of benzene rings is 2. The lowest BCUT2D eigenvalue weighted by Gasteiger charge is -2.16. The number of aromatic nitrogens is 3. The predicted octanol–water partition coefficient (Wildman–Crippen LogP) is 3.04. The number of aryl methyl sites for hydroxylation is 1. The third-order valence-corrected chi connectivity index (χ3v) is 5.54. The molecule has 9 nitrogen and oxygen atoms in total. The Morgan fingerprint density at radius 3 is 2.66 bits per heavy atom. The molecule has 1 aliphatic heterocycles. The molecule has 1 aromatic heterocycles. The summed E-state index contributed by atoms with van der Waals surface area (Å²) >= 11 is 0. The van der Waals surface area contributed by atoms with Crippen molar-refractivity contribution in [1.29, 1.82) is 0 Å². The standard InChI is InChI=1S/C23H25N5O4/c1-4-14-5-7-16(8-6-14)28-13-15(11-20(28)29)22(30)25-23-24-21(26-27-23)18-10-9-17(31-2)12-19(18)32-3/h5-10,12,15H,4,11,13H2,1-3H3,(H2,24,25,26,27,30). The molecule has 0 radical (unpaired) electrons. The highest BCUT2D eigenvalue weighted by atomic mass is 16.5. The van der Waals surface area contributed by atoms with Gasteiger partial charge < -0.3 is 14.4 Å². The second-order valence-corrected chi connectivity index (χ2v) is 7.49. The highest BCUT2D eigenvalue weighted by Crippen LogP contribution is 2.32. The minimum atomic E-state index is -0.481. The van der Waals surface area contributed by atoms with E-state index >= 15 is 0 Å². The van der Waals surface area contributed by atoms with E-state index in [4.69, 9.17) is 9.47 Å². The van der Waals surface area contributed by atoms with Crippen LogP contribution in [0.25, 0.3) is 11.4 Å². The zero-order valence-corrected chi connectivity index (χ0v) is 18.2. The summed E-state index contributed by atoms with van der Waals surface area (Å²) in [4.78, 5) is 31.3. The first-order valence-electron chi connectivity index (χ1n) is 10.4. The first-order valence-corrected chi connectivity index (χ1v) is 10.4. The SMILES string of the molecule is CCc1ccc(N2CC(C(=O)Nc3n[nH]c(-c4ccc(OC)cc4OC)n3)CC2=O)cc1. The summed E-state index contributed by atoms with van der Waals surface area (Å²) in [6.45, 7) is 2.40. The molecule has 0 spiro atoms. The predicted molar refractivity (Wildman–Crippen MR) is 120 cm³/mol. The summed E-state index contributed by atoms with van der Waals surface area (Å²) in [6.07, 6.45) is 1.07. The molecule has 9 heteroatoms. The van der Waals surface area contributed by atoms with E-state index in [2.05, 4.69) is 27.4 Å². The van der Waals surface area contributed by atoms with Crippen LogP contribution in [-0.2, 0) is 16.0 Å². The molecule has 0 aliphatic carbocycles. The van der Waals surface area contributed by atoms with Crippen molar-refractivity contribution in [2.24, 2.45) is 5.92 Å². The lowest BCUT2D eigenvalue weighted by atomic mass is 10.1. The number of hydrogen-bond donors (Lipinski definition) is 2. The highest BCUT2D eigenvalue weighted by Gasteiger charge is 2.35. The molecule has 1 atom stereocenters. The number of hydrogen-bond acceptors (Lipinski definition) is 6. The van der Waals surface area contributed by atoms with E-state index in [0.717, 1.165) is 12.1 Å². The fraction of sp³-hybridized carbons (Fsp3) is 0.304. The van der Waals surface area contributed by atoms with Crippen LogP contribution in [0.4, 0.5) is 11.6 Å². The molecular weight excluding hydrogens is 410 g/mol. The van der Waals surface area contributed by atoms with Crippen molar-refractivity contribution in [2.45, 2.75) is 19.8 Å². The number of anilines is 2. The van der Waals surface area contributed by atoms with Gasteiger partial charge in [-0.1, -0.05) is 19.1 Å². The van der Waals surface area contributed by atoms with Crippen LogP contribution in [-0.4, -0.2) is 47.8 Å². The quantitative estimate of drug-likeness (QED) is 0.590. The summed E-state index contributed by atoms with van der Waals surface area (Å²) in [5.41, 5.74) is 2.68. The summed E-state index contributed by atoms with van der Waals surface area (Å²) < 4.78 is 10.6. The van der Waals surface area contributed by atoms with Crippen molar-refractivity contribution < 1.29 is 19.1 Å². The molecule has 1 unspecified atom stereocenters. The lowest BCUT2D eigenvalue weighted by molar-refractivity contribution is -0.122. The van der Waals surface area contributed by atoms with Gasteiger partial charge in [0.15, 0.2) is 5.82 Å². The number of carbonyl (C=O) groups excluding carboxylic acids is 2. The van der Waals surface area contributed by atoms with E-state index in [0.29, 0.717) is 29.4 Å². The van der Waals surface area contributed by atoms with E-state index in [1.54, 1.807) is 37.3 Å². The third-order valence-electron chi connectivity index (χ3n) is 5.54. The molecule has 2 aromatic carbocycles. The largest absolute Gasteiger partial charge is 0.497 e. The molecule has 2 heterocycles. The Balaban J connectivity index is 1.44. The Morgan fingerprint density at radius 2 is 1.97 bits per heavy atom. The average molecular weight is 435 g/mol. The number of H-pyrrole nitrogens is 1. The molecule has 0 saturated carbocycles. The van der Waals surface area contributed by atoms with Crippen molar-refractivity contribution in [3.8, 4) is 22.9 Å². The minimum absolute atomic E-state index is 0.0759. The molecule has 3 aromatic rings. The van der Waals surface area contributed by atoms with E-state index in [1.165, 1.54) is 5.56 Å². The summed E-state index contributed by atoms with van der Waals surface area (Å²) in [7, 11) is 3.13. The smallest absolute Gasteiger partial charge is 0.249 e. The second kappa shape index (κ2) is 9.09. The van der Waals surface area contributed by atoms with E-state index in [1.807, 2.05) is 24.3 Å². The maximum atomic E-state index is 12.8. The van der Waals surface area contributed by atoms with Gasteiger partial charge in [0, 0.05) is 24.7 Å². The van der Waals surface area contributed by atoms with Gasteiger partial charge in [-0.25, -0.2) is 0 Å². The first kappa shape index (κ1) is 21.4. The lowest BCUT2D eigenvalue weighted by Crippen LogP contribution is -2.28. The molecule has 2 amide bonds. The zero-order valence-electron chi connectivity index (χ0n) is 18.2. The number of rotatable bonds is 7. The average Bonchev–Trinajstić information content (AvgIpc) is 3.45. The Morgan fingerprint density at radius 1 is 1.19 bits per heavy atom. The molecule has 166 valence electrons. The van der Waals surface area contributed by atoms with Gasteiger partial charge in [-0.3, -0.25) is 20.0 Å². The number of aromatic amines is 1. The first-order chi connectivity index (χ1) is 15.5. The van der Waals surface area contributed by atoms with Crippen molar-refractivity contribution in [3.05, 3.63) is 48.0 Å². The van der Waals surface area contributed by atoms with Gasteiger partial charge in [0.25, 0.3) is 0 Å². The monoisotopic (exact) mass is 435 g/mol. The van der Waals surface area contributed by atoms with E-state index < -0.39 is 5.92 Å². The van der Waals surface area contributed by atoms with Gasteiger partial charge in [0.1, 0.15) is 11.5 Å². The summed E-state index contributed by atoms with van der Waals surface area (Å²) in [5.74, 6) is 0.945. The summed E-state index contributed by atoms with van der Waals surface area (Å²) in [5, 5.41) is 9.60. The van der Waals surface area contributed by atoms with Crippen molar-refractivity contribution in [1.82, 2.24) is 15.2 Å². The number of nitrogens with one attached hydrogen (secondary N) is 2. The number of nitrogens with zero attached hydrogens (tertiary/aromatic N) is 3. The second-order valence-electron chi connectivity index (χ2n) is 7.49. The maximum Gasteiger partial charge on any atom is 0.249 e. The Kier molecular flexibility index (Phi) is 6.07. The Hall–Kier alpha value is -3.88. The van der Waals surface area contributed by atoms with Crippen molar-refractivity contribution >= 4 is 23.5 Å². The van der Waals surface area contributed by atoms with Gasteiger partial charge in [0.2, 0.25) is 17.8 Å². The van der Waals surface area contributed by atoms with Crippen LogP contribution in [0, 0.1) is 5.92 Å². The molecule has 1 saturated heterocycles. The van der Waals surface area contributed by atoms with Gasteiger partial charge in [0.05, 0.1) is 25.7 Å². The van der Waals surface area contributed by atoms with Crippen LogP contribution >= 0.6 is 0 Å². The van der Waals surface area contributed by atoms with Crippen LogP contribution in [0.5, 0.6) is 11.5 Å². The van der Waals surface area contributed by atoms with Gasteiger partial charge in [-0.2, -0.15) is 4.98 Å². The van der Waals surface area contributed by atoms with Gasteiger partial charge >= 0.3 is 0 Å². The normalized spacial score (nSPS) is 15.7. The van der Waals surface area contributed by atoms with Crippen molar-refractivity contribution in [2.75, 3.05) is 31.0 Å². The molecular formula is C23H25N5O4. The fourth-order valence-electron chi connectivity index (χ4n) is 3.69. The molecule has 2 N–H and O–H groups in total. The van der Waals surface area contributed by atoms with Crippen LogP contribution in [0.15, 0.2) is 42.5 Å². The molecule has 32 heavy (non-hydrogen) atoms. The number of ether oxygens (including phenoxy) is 2. The van der Waals surface area contributed by atoms with Crippen LogP contribution in [0.1, 0.15) is 18.9 Å². The minimum Gasteiger partial charge on any atom is -0.497 e. The Bertz CT molecular complexity index is 1130. The molecule has 1 fully saturated rings. The number of methoxy groups -OCH3 is 2. The number of carbonyl (C=O) groups is 2. The molecule has 1 aliphatic rings. The topological polar surface area (TPSA) is 109 Å². The van der Waals surface area contributed by atoms with E-state index in [9.17, 15) is 9.59 Å². The van der Waals surface area contributed by atoms with Crippen LogP contribution < -0.4 is 19.7 Å². The van der Waals surface area contributed by atoms with Crippen molar-refractivity contribution in [3.63, 3.8) is 0 Å². The number of amides is 2. The van der Waals surface area contributed by atoms with Crippen LogP contribution in [0.3, 0.4) is 0 Å². The van der Waals surface area contributed by atoms with Crippen LogP contribution in [0.2, 0.25) is 0 Å². The molecule has 0 bridgehead atoms. The zero-order chi connectivity index (χ0) is 22.7. The fourth-order valence-corrected chi connectivity index (χ4v) is 3.69. The molecule has 4 rings (SSSR count). The summed E-state index contributed by atoms with van der Waals surface area (Å²) in [6, 6.07) is 13.1.